The van der Waals surface area contributed by atoms with Crippen LogP contribution >= 0.6 is 23.2 Å². The minimum Gasteiger partial charge on any atom is -0.457 e. The first-order valence-corrected chi connectivity index (χ1v) is 8.83. The van der Waals surface area contributed by atoms with Crippen molar-refractivity contribution in [2.75, 3.05) is 5.32 Å². The summed E-state index contributed by atoms with van der Waals surface area (Å²) in [6, 6.07) is 15.4. The molecule has 0 atom stereocenters. The molecule has 0 radical (unpaired) electrons. The maximum absolute atomic E-state index is 12.1. The molecule has 0 bridgehead atoms. The standard InChI is InChI=1S/C21H15Cl2NO3/c1-13(25)14-3-2-4-16(11-14)24-21(26)10-7-17-6-9-20(27-17)18-8-5-15(22)12-19(18)23/h2-12H,1H3,(H,24,26)/b10-7+. The lowest BCUT2D eigenvalue weighted by atomic mass is 10.1. The van der Waals surface area contributed by atoms with Gasteiger partial charge in [-0.1, -0.05) is 35.3 Å². The summed E-state index contributed by atoms with van der Waals surface area (Å²) < 4.78 is 5.70. The van der Waals surface area contributed by atoms with E-state index in [1.165, 1.54) is 13.0 Å². The van der Waals surface area contributed by atoms with Crippen molar-refractivity contribution in [1.82, 2.24) is 0 Å². The van der Waals surface area contributed by atoms with Gasteiger partial charge in [0.25, 0.3) is 0 Å². The van der Waals surface area contributed by atoms with E-state index in [1.54, 1.807) is 60.7 Å². The third-order valence-electron chi connectivity index (χ3n) is 3.76. The minimum absolute atomic E-state index is 0.0642. The average molecular weight is 400 g/mol. The van der Waals surface area contributed by atoms with Gasteiger partial charge in [-0.05, 0) is 55.5 Å². The molecule has 1 amide bonds. The molecule has 0 aliphatic carbocycles. The zero-order chi connectivity index (χ0) is 19.4. The topological polar surface area (TPSA) is 59.3 Å². The summed E-state index contributed by atoms with van der Waals surface area (Å²) in [5.41, 5.74) is 1.80. The van der Waals surface area contributed by atoms with Crippen molar-refractivity contribution in [2.45, 2.75) is 6.92 Å². The molecular formula is C21H15Cl2NO3. The Morgan fingerprint density at radius 3 is 2.59 bits per heavy atom. The van der Waals surface area contributed by atoms with E-state index in [1.807, 2.05) is 0 Å². The molecule has 27 heavy (non-hydrogen) atoms. The number of carbonyl (C=O) groups excluding carboxylic acids is 2. The van der Waals surface area contributed by atoms with Gasteiger partial charge < -0.3 is 9.73 Å². The van der Waals surface area contributed by atoms with Gasteiger partial charge in [-0.25, -0.2) is 0 Å². The molecule has 3 rings (SSSR count). The highest BCUT2D eigenvalue weighted by Crippen LogP contribution is 2.31. The molecule has 0 spiro atoms. The summed E-state index contributed by atoms with van der Waals surface area (Å²) in [5.74, 6) is 0.679. The van der Waals surface area contributed by atoms with Crippen LogP contribution in [0.2, 0.25) is 10.0 Å². The van der Waals surface area contributed by atoms with Crippen molar-refractivity contribution in [3.05, 3.63) is 82.0 Å². The van der Waals surface area contributed by atoms with Crippen LogP contribution in [0.4, 0.5) is 5.69 Å². The van der Waals surface area contributed by atoms with Crippen LogP contribution < -0.4 is 5.32 Å². The lowest BCUT2D eigenvalue weighted by Gasteiger charge is -2.03. The third kappa shape index (κ3) is 4.88. The number of halogens is 2. The fourth-order valence-electron chi connectivity index (χ4n) is 2.43. The molecule has 1 heterocycles. The minimum atomic E-state index is -0.335. The van der Waals surface area contributed by atoms with Crippen LogP contribution in [0, 0.1) is 0 Å². The fourth-order valence-corrected chi connectivity index (χ4v) is 2.94. The molecule has 4 nitrogen and oxygen atoms in total. The van der Waals surface area contributed by atoms with Crippen LogP contribution in [0.3, 0.4) is 0 Å². The number of hydrogen-bond acceptors (Lipinski definition) is 3. The van der Waals surface area contributed by atoms with E-state index < -0.39 is 0 Å². The molecule has 0 aliphatic heterocycles. The first-order valence-electron chi connectivity index (χ1n) is 8.08. The Balaban J connectivity index is 1.69. The summed E-state index contributed by atoms with van der Waals surface area (Å²) in [5, 5.41) is 3.73. The third-order valence-corrected chi connectivity index (χ3v) is 4.31. The maximum atomic E-state index is 12.1. The molecule has 0 unspecified atom stereocenters. The second-order valence-corrected chi connectivity index (χ2v) is 6.63. The molecule has 2 aromatic carbocycles. The van der Waals surface area contributed by atoms with Gasteiger partial charge in [0.1, 0.15) is 11.5 Å². The number of benzene rings is 2. The van der Waals surface area contributed by atoms with Crippen molar-refractivity contribution < 1.29 is 14.0 Å². The Labute approximate surface area is 166 Å². The molecule has 3 aromatic rings. The quantitative estimate of drug-likeness (QED) is 0.415. The van der Waals surface area contributed by atoms with Gasteiger partial charge in [-0.3, -0.25) is 9.59 Å². The van der Waals surface area contributed by atoms with Crippen LogP contribution in [0.25, 0.3) is 17.4 Å². The van der Waals surface area contributed by atoms with Crippen LogP contribution in [0.1, 0.15) is 23.0 Å². The molecule has 0 saturated heterocycles. The molecule has 6 heteroatoms. The van der Waals surface area contributed by atoms with E-state index in [-0.39, 0.29) is 11.7 Å². The number of hydrogen-bond donors (Lipinski definition) is 1. The monoisotopic (exact) mass is 399 g/mol. The van der Waals surface area contributed by atoms with Gasteiger partial charge in [0.2, 0.25) is 5.91 Å². The first kappa shape index (κ1) is 19.0. The number of anilines is 1. The lowest BCUT2D eigenvalue weighted by Crippen LogP contribution is -2.08. The second-order valence-electron chi connectivity index (χ2n) is 5.79. The molecule has 136 valence electrons. The van der Waals surface area contributed by atoms with E-state index in [4.69, 9.17) is 27.6 Å². The molecule has 0 fully saturated rings. The van der Waals surface area contributed by atoms with Crippen LogP contribution in [0.5, 0.6) is 0 Å². The highest BCUT2D eigenvalue weighted by Gasteiger charge is 2.09. The summed E-state index contributed by atoms with van der Waals surface area (Å²) in [6.45, 7) is 1.47. The molecule has 1 aromatic heterocycles. The highest BCUT2D eigenvalue weighted by molar-refractivity contribution is 6.36. The van der Waals surface area contributed by atoms with Crippen molar-refractivity contribution >= 4 is 46.7 Å². The van der Waals surface area contributed by atoms with Gasteiger partial charge >= 0.3 is 0 Å². The largest absolute Gasteiger partial charge is 0.457 e. The Bertz CT molecular complexity index is 1040. The highest BCUT2D eigenvalue weighted by atomic mass is 35.5. The summed E-state index contributed by atoms with van der Waals surface area (Å²) >= 11 is 12.1. The normalized spacial score (nSPS) is 10.9. The van der Waals surface area contributed by atoms with Gasteiger partial charge in [-0.2, -0.15) is 0 Å². The smallest absolute Gasteiger partial charge is 0.248 e. The molecule has 0 aliphatic rings. The van der Waals surface area contributed by atoms with Crippen molar-refractivity contribution in [2.24, 2.45) is 0 Å². The lowest BCUT2D eigenvalue weighted by molar-refractivity contribution is -0.111. The number of furan rings is 1. The van der Waals surface area contributed by atoms with Gasteiger partial charge in [0.05, 0.1) is 5.02 Å². The van der Waals surface area contributed by atoms with E-state index in [9.17, 15) is 9.59 Å². The summed E-state index contributed by atoms with van der Waals surface area (Å²) in [6.07, 6.45) is 2.91. The summed E-state index contributed by atoms with van der Waals surface area (Å²) in [7, 11) is 0. The Morgan fingerprint density at radius 1 is 1.04 bits per heavy atom. The zero-order valence-corrected chi connectivity index (χ0v) is 15.8. The maximum Gasteiger partial charge on any atom is 0.248 e. The number of Topliss-reactive ketones (excluding diaryl/α,β-unsaturated/α-hetero) is 1. The van der Waals surface area contributed by atoms with E-state index >= 15 is 0 Å². The second kappa shape index (κ2) is 8.25. The number of carbonyl (C=O) groups is 2. The number of ketones is 1. The van der Waals surface area contributed by atoms with Gasteiger partial charge in [-0.15, -0.1) is 0 Å². The Kier molecular flexibility index (Phi) is 5.79. The number of rotatable bonds is 5. The zero-order valence-electron chi connectivity index (χ0n) is 14.3. The van der Waals surface area contributed by atoms with Gasteiger partial charge in [0, 0.05) is 27.9 Å². The SMILES string of the molecule is CC(=O)c1cccc(NC(=O)/C=C/c2ccc(-c3ccc(Cl)cc3Cl)o2)c1. The number of nitrogens with one attached hydrogen (secondary N) is 1. The first-order chi connectivity index (χ1) is 12.9. The number of amides is 1. The van der Waals surface area contributed by atoms with Crippen molar-refractivity contribution in [3.63, 3.8) is 0 Å². The van der Waals surface area contributed by atoms with Crippen molar-refractivity contribution in [3.8, 4) is 11.3 Å². The summed E-state index contributed by atoms with van der Waals surface area (Å²) in [4.78, 5) is 23.5. The van der Waals surface area contributed by atoms with E-state index in [2.05, 4.69) is 5.32 Å². The van der Waals surface area contributed by atoms with E-state index in [0.29, 0.717) is 38.4 Å². The molecule has 0 saturated carbocycles. The predicted octanol–water partition coefficient (Wildman–Crippen LogP) is 6.11. The predicted molar refractivity (Wildman–Crippen MR) is 108 cm³/mol. The molecular weight excluding hydrogens is 385 g/mol. The van der Waals surface area contributed by atoms with E-state index in [0.717, 1.165) is 0 Å². The fraction of sp³-hybridized carbons (Fsp3) is 0.0476. The van der Waals surface area contributed by atoms with Crippen LogP contribution in [-0.4, -0.2) is 11.7 Å². The van der Waals surface area contributed by atoms with Gasteiger partial charge in [0.15, 0.2) is 5.78 Å². The average Bonchev–Trinajstić information content (AvgIpc) is 3.09. The Hall–Kier alpha value is -2.82. The van der Waals surface area contributed by atoms with Crippen LogP contribution in [0.15, 0.2) is 65.1 Å². The Morgan fingerprint density at radius 2 is 1.85 bits per heavy atom. The van der Waals surface area contributed by atoms with Crippen LogP contribution in [-0.2, 0) is 4.79 Å². The van der Waals surface area contributed by atoms with Crippen molar-refractivity contribution in [1.29, 1.82) is 0 Å². The molecule has 1 N–H and O–H groups in total.